The van der Waals surface area contributed by atoms with Gasteiger partial charge >= 0.3 is 6.18 Å². The molecule has 3 rings (SSSR count). The Kier molecular flexibility index (Phi) is 6.47. The number of hydrogen-bond donors (Lipinski definition) is 1. The van der Waals surface area contributed by atoms with E-state index in [0.717, 1.165) is 41.9 Å². The van der Waals surface area contributed by atoms with Crippen LogP contribution in [-0.4, -0.2) is 31.5 Å². The van der Waals surface area contributed by atoms with Gasteiger partial charge in [-0.2, -0.15) is 13.2 Å². The molecule has 1 aliphatic rings. The monoisotopic (exact) mass is 406 g/mol. The largest absolute Gasteiger partial charge is 0.497 e. The Morgan fingerprint density at radius 2 is 1.76 bits per heavy atom. The Balaban J connectivity index is 1.55. The molecule has 1 saturated carbocycles. The van der Waals surface area contributed by atoms with Crippen LogP contribution in [0.3, 0.4) is 0 Å². The standard InChI is InChI=1S/C22H25F3N2O2/c1-27(13-15-3-9-18(10-4-15)22(23,24)25)14-20(28)26-21(16-5-6-16)17-7-11-19(29-2)12-8-17/h3-4,7-12,16,21H,5-6,13-14H2,1-2H3,(H,26,28). The van der Waals surface area contributed by atoms with Gasteiger partial charge in [0.05, 0.1) is 25.3 Å². The van der Waals surface area contributed by atoms with Crippen molar-refractivity contribution < 1.29 is 22.7 Å². The number of hydrogen-bond acceptors (Lipinski definition) is 3. The van der Waals surface area contributed by atoms with Gasteiger partial charge in [0.1, 0.15) is 5.75 Å². The van der Waals surface area contributed by atoms with Gasteiger partial charge in [0.15, 0.2) is 0 Å². The lowest BCUT2D eigenvalue weighted by molar-refractivity contribution is -0.137. The van der Waals surface area contributed by atoms with Crippen molar-refractivity contribution in [2.24, 2.45) is 5.92 Å². The molecule has 1 N–H and O–H groups in total. The van der Waals surface area contributed by atoms with Crippen LogP contribution in [0.5, 0.6) is 5.75 Å². The topological polar surface area (TPSA) is 41.6 Å². The molecule has 0 bridgehead atoms. The first-order valence-corrected chi connectivity index (χ1v) is 9.54. The average Bonchev–Trinajstić information content (AvgIpc) is 3.51. The third-order valence-corrected chi connectivity index (χ3v) is 5.03. The smallest absolute Gasteiger partial charge is 0.416 e. The summed E-state index contributed by atoms with van der Waals surface area (Å²) in [6, 6.07) is 12.7. The van der Waals surface area contributed by atoms with E-state index in [0.29, 0.717) is 12.5 Å². The highest BCUT2D eigenvalue weighted by atomic mass is 19.4. The number of carbonyl (C=O) groups is 1. The van der Waals surface area contributed by atoms with E-state index in [1.54, 1.807) is 19.1 Å². The van der Waals surface area contributed by atoms with Gasteiger partial charge in [0, 0.05) is 6.54 Å². The lowest BCUT2D eigenvalue weighted by Gasteiger charge is -2.22. The van der Waals surface area contributed by atoms with Crippen LogP contribution in [-0.2, 0) is 17.5 Å². The molecule has 2 aromatic rings. The third kappa shape index (κ3) is 5.97. The molecule has 0 radical (unpaired) electrons. The number of nitrogens with one attached hydrogen (secondary N) is 1. The fourth-order valence-electron chi connectivity index (χ4n) is 3.35. The molecule has 7 heteroatoms. The third-order valence-electron chi connectivity index (χ3n) is 5.03. The normalized spacial score (nSPS) is 15.2. The maximum Gasteiger partial charge on any atom is 0.416 e. The lowest BCUT2D eigenvalue weighted by Crippen LogP contribution is -2.37. The molecular formula is C22H25F3N2O2. The van der Waals surface area contributed by atoms with Crippen LogP contribution in [0.1, 0.15) is 35.6 Å². The Labute approximate surface area is 168 Å². The molecular weight excluding hydrogens is 381 g/mol. The van der Waals surface area contributed by atoms with Crippen LogP contribution in [0.4, 0.5) is 13.2 Å². The molecule has 1 amide bonds. The first kappa shape index (κ1) is 21.2. The van der Waals surface area contributed by atoms with Gasteiger partial charge < -0.3 is 10.1 Å². The molecule has 0 spiro atoms. The van der Waals surface area contributed by atoms with Crippen molar-refractivity contribution >= 4 is 5.91 Å². The fraction of sp³-hybridized carbons (Fsp3) is 0.409. The molecule has 0 aromatic heterocycles. The van der Waals surface area contributed by atoms with E-state index in [9.17, 15) is 18.0 Å². The average molecular weight is 406 g/mol. The molecule has 0 saturated heterocycles. The molecule has 1 atom stereocenters. The lowest BCUT2D eigenvalue weighted by atomic mass is 10.0. The predicted molar refractivity (Wildman–Crippen MR) is 104 cm³/mol. The van der Waals surface area contributed by atoms with Crippen LogP contribution in [0, 0.1) is 5.92 Å². The number of likely N-dealkylation sites (N-methyl/N-ethyl adjacent to an activating group) is 1. The molecule has 1 unspecified atom stereocenters. The summed E-state index contributed by atoms with van der Waals surface area (Å²) >= 11 is 0. The van der Waals surface area contributed by atoms with Crippen LogP contribution in [0.25, 0.3) is 0 Å². The molecule has 1 fully saturated rings. The zero-order chi connectivity index (χ0) is 21.0. The Bertz CT molecular complexity index is 815. The quantitative estimate of drug-likeness (QED) is 0.706. The van der Waals surface area contributed by atoms with Gasteiger partial charge in [-0.25, -0.2) is 0 Å². The van der Waals surface area contributed by atoms with Gasteiger partial charge in [-0.05, 0) is 61.2 Å². The summed E-state index contributed by atoms with van der Waals surface area (Å²) in [7, 11) is 3.39. The number of halogens is 3. The first-order chi connectivity index (χ1) is 13.8. The van der Waals surface area contributed by atoms with E-state index in [1.165, 1.54) is 12.1 Å². The van der Waals surface area contributed by atoms with E-state index in [4.69, 9.17) is 4.74 Å². The molecule has 156 valence electrons. The zero-order valence-electron chi connectivity index (χ0n) is 16.5. The van der Waals surface area contributed by atoms with Gasteiger partial charge in [-0.1, -0.05) is 24.3 Å². The van der Waals surface area contributed by atoms with Crippen LogP contribution < -0.4 is 10.1 Å². The van der Waals surface area contributed by atoms with Crippen molar-refractivity contribution in [3.05, 3.63) is 65.2 Å². The highest BCUT2D eigenvalue weighted by Crippen LogP contribution is 2.41. The second-order valence-electron chi connectivity index (χ2n) is 7.52. The van der Waals surface area contributed by atoms with Crippen molar-refractivity contribution in [3.63, 3.8) is 0 Å². The van der Waals surface area contributed by atoms with Crippen LogP contribution in [0.15, 0.2) is 48.5 Å². The van der Waals surface area contributed by atoms with E-state index >= 15 is 0 Å². The van der Waals surface area contributed by atoms with Gasteiger partial charge in [-0.15, -0.1) is 0 Å². The van der Waals surface area contributed by atoms with E-state index < -0.39 is 11.7 Å². The zero-order valence-corrected chi connectivity index (χ0v) is 16.5. The maximum atomic E-state index is 12.7. The van der Waals surface area contributed by atoms with Crippen molar-refractivity contribution in [2.75, 3.05) is 20.7 Å². The van der Waals surface area contributed by atoms with Gasteiger partial charge in [0.2, 0.25) is 5.91 Å². The second-order valence-corrected chi connectivity index (χ2v) is 7.52. The van der Waals surface area contributed by atoms with E-state index in [-0.39, 0.29) is 18.5 Å². The van der Waals surface area contributed by atoms with Crippen molar-refractivity contribution in [1.29, 1.82) is 0 Å². The highest BCUT2D eigenvalue weighted by Gasteiger charge is 2.33. The maximum absolute atomic E-state index is 12.7. The predicted octanol–water partition coefficient (Wildman–Crippen LogP) is 4.41. The number of alkyl halides is 3. The first-order valence-electron chi connectivity index (χ1n) is 9.54. The van der Waals surface area contributed by atoms with Crippen molar-refractivity contribution in [1.82, 2.24) is 10.2 Å². The summed E-state index contributed by atoms with van der Waals surface area (Å²) < 4.78 is 43.2. The van der Waals surface area contributed by atoms with Crippen molar-refractivity contribution in [3.8, 4) is 5.75 Å². The number of rotatable bonds is 8. The highest BCUT2D eigenvalue weighted by molar-refractivity contribution is 5.78. The van der Waals surface area contributed by atoms with Crippen LogP contribution >= 0.6 is 0 Å². The Hall–Kier alpha value is -2.54. The van der Waals surface area contributed by atoms with Crippen LogP contribution in [0.2, 0.25) is 0 Å². The summed E-state index contributed by atoms with van der Waals surface area (Å²) in [5, 5.41) is 3.11. The molecule has 29 heavy (non-hydrogen) atoms. The number of amides is 1. The molecule has 1 aliphatic carbocycles. The minimum absolute atomic E-state index is 0.0344. The Morgan fingerprint density at radius 3 is 2.28 bits per heavy atom. The van der Waals surface area contributed by atoms with Crippen molar-refractivity contribution in [2.45, 2.75) is 31.6 Å². The summed E-state index contributed by atoms with van der Waals surface area (Å²) in [5.74, 6) is 1.10. The van der Waals surface area contributed by atoms with E-state index in [2.05, 4.69) is 5.32 Å². The Morgan fingerprint density at radius 1 is 1.14 bits per heavy atom. The fourth-order valence-corrected chi connectivity index (χ4v) is 3.35. The minimum atomic E-state index is -4.34. The molecule has 0 aliphatic heterocycles. The summed E-state index contributed by atoms with van der Waals surface area (Å²) in [6.45, 7) is 0.558. The molecule has 2 aromatic carbocycles. The van der Waals surface area contributed by atoms with Gasteiger partial charge in [-0.3, -0.25) is 9.69 Å². The molecule has 0 heterocycles. The summed E-state index contributed by atoms with van der Waals surface area (Å²) in [6.07, 6.45) is -2.18. The summed E-state index contributed by atoms with van der Waals surface area (Å²) in [4.78, 5) is 14.3. The minimum Gasteiger partial charge on any atom is -0.497 e. The number of benzene rings is 2. The SMILES string of the molecule is COc1ccc(C(NC(=O)CN(C)Cc2ccc(C(F)(F)F)cc2)C2CC2)cc1. The van der Waals surface area contributed by atoms with Gasteiger partial charge in [0.25, 0.3) is 0 Å². The number of methoxy groups -OCH3 is 1. The number of nitrogens with zero attached hydrogens (tertiary/aromatic N) is 1. The molecule has 4 nitrogen and oxygen atoms in total. The number of carbonyl (C=O) groups excluding carboxylic acids is 1. The number of ether oxygens (including phenoxy) is 1. The van der Waals surface area contributed by atoms with E-state index in [1.807, 2.05) is 24.3 Å². The second kappa shape index (κ2) is 8.86. The summed E-state index contributed by atoms with van der Waals surface area (Å²) in [5.41, 5.74) is 1.10.